The molecule has 0 N–H and O–H groups in total. The fourth-order valence-corrected chi connectivity index (χ4v) is 4.16. The topological polar surface area (TPSA) is 0 Å². The van der Waals surface area contributed by atoms with Crippen molar-refractivity contribution in [1.29, 1.82) is 0 Å². The molecule has 20 heavy (non-hydrogen) atoms. The third-order valence-electron chi connectivity index (χ3n) is 4.67. The van der Waals surface area contributed by atoms with E-state index in [0.29, 0.717) is 16.4 Å². The van der Waals surface area contributed by atoms with Crippen molar-refractivity contribution in [2.45, 2.75) is 51.8 Å². The minimum atomic E-state index is -0.0258. The summed E-state index contributed by atoms with van der Waals surface area (Å²) in [5.74, 6) is 1.31. The van der Waals surface area contributed by atoms with Crippen LogP contribution in [-0.2, 0) is 0 Å². The maximum Gasteiger partial charge on any atom is 0.0628 e. The standard InChI is InChI=1S/C17H23Cl3/c1-17(2,3)12-6-4-11(5-7-12)16(20)14-10-13(18)8-9-15(14)19/h8-12,16H,4-7H2,1-3H3. The van der Waals surface area contributed by atoms with Crippen molar-refractivity contribution in [2.75, 3.05) is 0 Å². The van der Waals surface area contributed by atoms with Gasteiger partial charge in [-0.2, -0.15) is 0 Å². The third-order valence-corrected chi connectivity index (χ3v) is 5.84. The van der Waals surface area contributed by atoms with E-state index in [1.165, 1.54) is 25.7 Å². The SMILES string of the molecule is CC(C)(C)C1CCC(C(Cl)c2cc(Cl)ccc2Cl)CC1. The smallest absolute Gasteiger partial charge is 0.0628 e. The van der Waals surface area contributed by atoms with Gasteiger partial charge in [-0.3, -0.25) is 0 Å². The number of hydrogen-bond acceptors (Lipinski definition) is 0. The molecule has 0 radical (unpaired) electrons. The van der Waals surface area contributed by atoms with Crippen LogP contribution in [0.5, 0.6) is 0 Å². The summed E-state index contributed by atoms with van der Waals surface area (Å²) in [7, 11) is 0. The first kappa shape index (κ1) is 16.5. The summed E-state index contributed by atoms with van der Waals surface area (Å²) < 4.78 is 0. The summed E-state index contributed by atoms with van der Waals surface area (Å²) in [6.07, 6.45) is 4.88. The lowest BCUT2D eigenvalue weighted by atomic mass is 9.69. The van der Waals surface area contributed by atoms with Gasteiger partial charge in [-0.05, 0) is 66.7 Å². The zero-order valence-corrected chi connectivity index (χ0v) is 14.7. The maximum atomic E-state index is 6.68. The van der Waals surface area contributed by atoms with E-state index in [4.69, 9.17) is 34.8 Å². The van der Waals surface area contributed by atoms with Gasteiger partial charge in [-0.1, -0.05) is 44.0 Å². The molecule has 0 bridgehead atoms. The van der Waals surface area contributed by atoms with E-state index in [0.717, 1.165) is 16.5 Å². The van der Waals surface area contributed by atoms with Crippen molar-refractivity contribution in [2.24, 2.45) is 17.3 Å². The van der Waals surface area contributed by atoms with Gasteiger partial charge in [0.2, 0.25) is 0 Å². The molecule has 1 saturated carbocycles. The zero-order valence-electron chi connectivity index (χ0n) is 12.4. The lowest BCUT2D eigenvalue weighted by Gasteiger charge is -2.38. The van der Waals surface area contributed by atoms with Gasteiger partial charge in [0.15, 0.2) is 0 Å². The van der Waals surface area contributed by atoms with E-state index in [2.05, 4.69) is 20.8 Å². The van der Waals surface area contributed by atoms with E-state index in [1.54, 1.807) is 0 Å². The quantitative estimate of drug-likeness (QED) is 0.505. The molecule has 1 aromatic rings. The summed E-state index contributed by atoms with van der Waals surface area (Å²) in [4.78, 5) is 0. The molecule has 112 valence electrons. The minimum absolute atomic E-state index is 0.0258. The van der Waals surface area contributed by atoms with Crippen molar-refractivity contribution in [3.63, 3.8) is 0 Å². The Morgan fingerprint density at radius 3 is 2.20 bits per heavy atom. The Morgan fingerprint density at radius 2 is 1.65 bits per heavy atom. The van der Waals surface area contributed by atoms with Crippen LogP contribution in [0.3, 0.4) is 0 Å². The van der Waals surface area contributed by atoms with Crippen LogP contribution in [0.15, 0.2) is 18.2 Å². The van der Waals surface area contributed by atoms with Gasteiger partial charge in [0, 0.05) is 10.0 Å². The summed E-state index contributed by atoms with van der Waals surface area (Å²) >= 11 is 19.0. The maximum absolute atomic E-state index is 6.68. The Morgan fingerprint density at radius 1 is 1.05 bits per heavy atom. The predicted molar refractivity (Wildman–Crippen MR) is 90.0 cm³/mol. The van der Waals surface area contributed by atoms with Gasteiger partial charge in [0.05, 0.1) is 5.38 Å². The second kappa shape index (κ2) is 6.46. The van der Waals surface area contributed by atoms with E-state index in [9.17, 15) is 0 Å². The van der Waals surface area contributed by atoms with Gasteiger partial charge in [0.1, 0.15) is 0 Å². The molecule has 0 nitrogen and oxygen atoms in total. The number of halogens is 3. The summed E-state index contributed by atoms with van der Waals surface area (Å²) in [5, 5.41) is 1.41. The normalized spacial score (nSPS) is 25.5. The van der Waals surface area contributed by atoms with Crippen molar-refractivity contribution < 1.29 is 0 Å². The Kier molecular flexibility index (Phi) is 5.32. The summed E-state index contributed by atoms with van der Waals surface area (Å²) in [6, 6.07) is 5.57. The van der Waals surface area contributed by atoms with E-state index in [1.807, 2.05) is 18.2 Å². The molecule has 0 heterocycles. The molecule has 0 aromatic heterocycles. The van der Waals surface area contributed by atoms with Crippen LogP contribution in [0.1, 0.15) is 57.4 Å². The zero-order chi connectivity index (χ0) is 14.9. The second-order valence-corrected chi connectivity index (χ2v) is 8.36. The number of alkyl halides is 1. The van der Waals surface area contributed by atoms with Crippen molar-refractivity contribution in [3.8, 4) is 0 Å². The lowest BCUT2D eigenvalue weighted by molar-refractivity contribution is 0.148. The molecule has 1 unspecified atom stereocenters. The van der Waals surface area contributed by atoms with Gasteiger partial charge in [-0.25, -0.2) is 0 Å². The van der Waals surface area contributed by atoms with E-state index < -0.39 is 0 Å². The van der Waals surface area contributed by atoms with Crippen LogP contribution < -0.4 is 0 Å². The minimum Gasteiger partial charge on any atom is -0.117 e. The second-order valence-electron chi connectivity index (χ2n) is 7.05. The first-order valence-corrected chi connectivity index (χ1v) is 8.57. The van der Waals surface area contributed by atoms with Crippen LogP contribution in [0.25, 0.3) is 0 Å². The summed E-state index contributed by atoms with van der Waals surface area (Å²) in [6.45, 7) is 7.01. The Hall–Kier alpha value is 0.0900. The molecule has 0 saturated heterocycles. The summed E-state index contributed by atoms with van der Waals surface area (Å²) in [5.41, 5.74) is 1.39. The molecule has 3 heteroatoms. The average Bonchev–Trinajstić information content (AvgIpc) is 2.40. The van der Waals surface area contributed by atoms with E-state index >= 15 is 0 Å². The van der Waals surface area contributed by atoms with Crippen LogP contribution in [0, 0.1) is 17.3 Å². The molecular formula is C17H23Cl3. The number of hydrogen-bond donors (Lipinski definition) is 0. The molecule has 1 aromatic carbocycles. The fraction of sp³-hybridized carbons (Fsp3) is 0.647. The average molecular weight is 334 g/mol. The lowest BCUT2D eigenvalue weighted by Crippen LogP contribution is -2.27. The molecule has 1 aliphatic carbocycles. The third kappa shape index (κ3) is 3.84. The van der Waals surface area contributed by atoms with Crippen molar-refractivity contribution >= 4 is 34.8 Å². The highest BCUT2D eigenvalue weighted by molar-refractivity contribution is 6.34. The van der Waals surface area contributed by atoms with Gasteiger partial charge >= 0.3 is 0 Å². The van der Waals surface area contributed by atoms with Gasteiger partial charge in [0.25, 0.3) is 0 Å². The highest BCUT2D eigenvalue weighted by Gasteiger charge is 2.33. The van der Waals surface area contributed by atoms with Gasteiger partial charge < -0.3 is 0 Å². The highest BCUT2D eigenvalue weighted by Crippen LogP contribution is 2.46. The Labute approximate surface area is 137 Å². The number of rotatable bonds is 2. The van der Waals surface area contributed by atoms with Crippen molar-refractivity contribution in [1.82, 2.24) is 0 Å². The van der Waals surface area contributed by atoms with Crippen LogP contribution >= 0.6 is 34.8 Å². The first-order chi connectivity index (χ1) is 9.29. The molecule has 0 spiro atoms. The molecule has 1 fully saturated rings. The monoisotopic (exact) mass is 332 g/mol. The van der Waals surface area contributed by atoms with Crippen LogP contribution in [-0.4, -0.2) is 0 Å². The molecule has 1 aliphatic rings. The van der Waals surface area contributed by atoms with Crippen LogP contribution in [0.2, 0.25) is 10.0 Å². The largest absolute Gasteiger partial charge is 0.117 e. The highest BCUT2D eigenvalue weighted by atomic mass is 35.5. The molecule has 1 atom stereocenters. The van der Waals surface area contributed by atoms with E-state index in [-0.39, 0.29) is 5.38 Å². The first-order valence-electron chi connectivity index (χ1n) is 7.38. The van der Waals surface area contributed by atoms with Crippen molar-refractivity contribution in [3.05, 3.63) is 33.8 Å². The molecular weight excluding hydrogens is 311 g/mol. The van der Waals surface area contributed by atoms with Crippen LogP contribution in [0.4, 0.5) is 0 Å². The predicted octanol–water partition coefficient (Wildman–Crippen LogP) is 7.13. The Balaban J connectivity index is 2.05. The fourth-order valence-electron chi connectivity index (χ4n) is 3.26. The van der Waals surface area contributed by atoms with Gasteiger partial charge in [-0.15, -0.1) is 11.6 Å². The molecule has 0 amide bonds. The molecule has 0 aliphatic heterocycles. The Bertz CT molecular complexity index is 454. The number of benzene rings is 1. The molecule has 2 rings (SSSR count).